The Labute approximate surface area is 118 Å². The third-order valence-corrected chi connectivity index (χ3v) is 3.64. The molecule has 1 aromatic heterocycles. The van der Waals surface area contributed by atoms with Crippen molar-refractivity contribution in [1.29, 1.82) is 0 Å². The van der Waals surface area contributed by atoms with Crippen LogP contribution in [0.3, 0.4) is 0 Å². The number of ether oxygens (including phenoxy) is 1. The monoisotopic (exact) mass is 279 g/mol. The Kier molecular flexibility index (Phi) is 4.76. The number of H-pyrrole nitrogens is 1. The van der Waals surface area contributed by atoms with Crippen LogP contribution in [0.4, 0.5) is 5.82 Å². The van der Waals surface area contributed by atoms with Crippen LogP contribution >= 0.6 is 0 Å². The maximum absolute atomic E-state index is 11.7. The second-order valence-corrected chi connectivity index (χ2v) is 5.36. The van der Waals surface area contributed by atoms with Crippen LogP contribution in [0.15, 0.2) is 6.07 Å². The number of methoxy groups -OCH3 is 1. The zero-order chi connectivity index (χ0) is 14.5. The number of hydrogen-bond donors (Lipinski definition) is 2. The average Bonchev–Trinajstić information content (AvgIpc) is 2.98. The Morgan fingerprint density at radius 3 is 2.80 bits per heavy atom. The van der Waals surface area contributed by atoms with Crippen molar-refractivity contribution in [1.82, 2.24) is 10.2 Å². The molecule has 2 atom stereocenters. The van der Waals surface area contributed by atoms with Crippen molar-refractivity contribution in [2.75, 3.05) is 12.4 Å². The van der Waals surface area contributed by atoms with E-state index in [2.05, 4.69) is 27.2 Å². The number of carbonyl (C=O) groups is 2. The lowest BCUT2D eigenvalue weighted by Gasteiger charge is -2.01. The number of rotatable bonds is 7. The maximum atomic E-state index is 11.7. The number of nitrogens with zero attached hydrogens (tertiary/aromatic N) is 1. The zero-order valence-corrected chi connectivity index (χ0v) is 11.9. The molecule has 6 heteroatoms. The van der Waals surface area contributed by atoms with Gasteiger partial charge in [-0.25, -0.2) is 0 Å². The van der Waals surface area contributed by atoms with Crippen molar-refractivity contribution in [3.63, 3.8) is 0 Å². The number of anilines is 1. The minimum Gasteiger partial charge on any atom is -0.469 e. The quantitative estimate of drug-likeness (QED) is 0.592. The number of unbranched alkanes of at least 4 members (excludes halogenated alkanes) is 1. The van der Waals surface area contributed by atoms with Crippen molar-refractivity contribution in [2.45, 2.75) is 44.9 Å². The first-order valence-corrected chi connectivity index (χ1v) is 7.02. The summed E-state index contributed by atoms with van der Waals surface area (Å²) < 4.78 is 4.54. The standard InChI is InChI=1S/C14H21N3O3/c1-9-7-10(9)11-8-12(17-16-11)15-13(18)5-3-4-6-14(19)20-2/h8-10H,3-7H2,1-2H3,(H2,15,16,17,18)/t9-,10-/m0/s1. The number of hydrogen-bond acceptors (Lipinski definition) is 4. The van der Waals surface area contributed by atoms with Crippen LogP contribution < -0.4 is 5.32 Å². The molecule has 2 N–H and O–H groups in total. The Morgan fingerprint density at radius 2 is 2.15 bits per heavy atom. The fraction of sp³-hybridized carbons (Fsp3) is 0.643. The molecule has 1 aromatic rings. The van der Waals surface area contributed by atoms with Crippen molar-refractivity contribution < 1.29 is 14.3 Å². The number of nitrogens with one attached hydrogen (secondary N) is 2. The fourth-order valence-electron chi connectivity index (χ4n) is 2.21. The molecule has 0 aromatic carbocycles. The first-order valence-electron chi connectivity index (χ1n) is 7.02. The molecule has 1 aliphatic rings. The highest BCUT2D eigenvalue weighted by Crippen LogP contribution is 2.46. The van der Waals surface area contributed by atoms with Gasteiger partial charge in [0, 0.05) is 30.5 Å². The van der Waals surface area contributed by atoms with Gasteiger partial charge in [-0.1, -0.05) is 6.92 Å². The predicted molar refractivity (Wildman–Crippen MR) is 74.2 cm³/mol. The molecule has 0 saturated heterocycles. The normalized spacial score (nSPS) is 20.5. The summed E-state index contributed by atoms with van der Waals surface area (Å²) in [6, 6.07) is 1.90. The summed E-state index contributed by atoms with van der Waals surface area (Å²) in [7, 11) is 1.37. The van der Waals surface area contributed by atoms with E-state index in [-0.39, 0.29) is 11.9 Å². The van der Waals surface area contributed by atoms with Gasteiger partial charge in [0.1, 0.15) is 0 Å². The Hall–Kier alpha value is -1.85. The van der Waals surface area contributed by atoms with Gasteiger partial charge in [-0.05, 0) is 25.2 Å². The van der Waals surface area contributed by atoms with Crippen LogP contribution in [0, 0.1) is 5.92 Å². The van der Waals surface area contributed by atoms with E-state index in [1.54, 1.807) is 0 Å². The second-order valence-electron chi connectivity index (χ2n) is 5.36. The summed E-state index contributed by atoms with van der Waals surface area (Å²) in [6.07, 6.45) is 3.25. The molecule has 0 spiro atoms. The van der Waals surface area contributed by atoms with E-state index in [4.69, 9.17) is 0 Å². The smallest absolute Gasteiger partial charge is 0.305 e. The summed E-state index contributed by atoms with van der Waals surface area (Å²) in [5.41, 5.74) is 1.10. The maximum Gasteiger partial charge on any atom is 0.305 e. The van der Waals surface area contributed by atoms with E-state index >= 15 is 0 Å². The van der Waals surface area contributed by atoms with Crippen molar-refractivity contribution in [3.05, 3.63) is 11.8 Å². The van der Waals surface area contributed by atoms with Crippen molar-refractivity contribution in [2.24, 2.45) is 5.92 Å². The Balaban J connectivity index is 1.66. The highest BCUT2D eigenvalue weighted by molar-refractivity contribution is 5.89. The van der Waals surface area contributed by atoms with Crippen molar-refractivity contribution >= 4 is 17.7 Å². The van der Waals surface area contributed by atoms with Gasteiger partial charge < -0.3 is 10.1 Å². The Bertz CT molecular complexity index is 484. The van der Waals surface area contributed by atoms with Crippen LogP contribution in [0.1, 0.15) is 50.6 Å². The number of amides is 1. The summed E-state index contributed by atoms with van der Waals surface area (Å²) in [5.74, 6) is 1.54. The molecule has 0 unspecified atom stereocenters. The average molecular weight is 279 g/mol. The second kappa shape index (κ2) is 6.54. The molecule has 0 aliphatic heterocycles. The van der Waals surface area contributed by atoms with E-state index < -0.39 is 0 Å². The van der Waals surface area contributed by atoms with Crippen LogP contribution in [0.5, 0.6) is 0 Å². The first-order chi connectivity index (χ1) is 9.60. The molecule has 2 rings (SSSR count). The van der Waals surface area contributed by atoms with Gasteiger partial charge in [-0.2, -0.15) is 5.10 Å². The summed E-state index contributed by atoms with van der Waals surface area (Å²) >= 11 is 0. The molecule has 1 amide bonds. The minimum atomic E-state index is -0.235. The predicted octanol–water partition coefficient (Wildman–Crippen LogP) is 2.20. The Morgan fingerprint density at radius 1 is 1.45 bits per heavy atom. The van der Waals surface area contributed by atoms with Crippen LogP contribution in [0.2, 0.25) is 0 Å². The minimum absolute atomic E-state index is 0.0724. The van der Waals surface area contributed by atoms with Gasteiger partial charge in [0.05, 0.1) is 7.11 Å². The third kappa shape index (κ3) is 4.08. The summed E-state index contributed by atoms with van der Waals surface area (Å²) in [4.78, 5) is 22.6. The van der Waals surface area contributed by atoms with Gasteiger partial charge in [0.25, 0.3) is 0 Å². The molecule has 1 saturated carbocycles. The fourth-order valence-corrected chi connectivity index (χ4v) is 2.21. The van der Waals surface area contributed by atoms with Gasteiger partial charge in [0.2, 0.25) is 5.91 Å². The number of esters is 1. The molecular weight excluding hydrogens is 258 g/mol. The molecule has 110 valence electrons. The molecule has 0 radical (unpaired) electrons. The van der Waals surface area contributed by atoms with Gasteiger partial charge in [-0.3, -0.25) is 14.7 Å². The lowest BCUT2D eigenvalue weighted by molar-refractivity contribution is -0.140. The number of aromatic nitrogens is 2. The van der Waals surface area contributed by atoms with Gasteiger partial charge >= 0.3 is 5.97 Å². The van der Waals surface area contributed by atoms with Gasteiger partial charge in [0.15, 0.2) is 5.82 Å². The summed E-state index contributed by atoms with van der Waals surface area (Å²) in [5, 5.41) is 9.82. The molecule has 1 heterocycles. The van der Waals surface area contributed by atoms with Crippen LogP contribution in [-0.2, 0) is 14.3 Å². The molecule has 6 nitrogen and oxygen atoms in total. The molecule has 1 fully saturated rings. The van der Waals surface area contributed by atoms with E-state index in [9.17, 15) is 9.59 Å². The lowest BCUT2D eigenvalue weighted by Crippen LogP contribution is -2.11. The zero-order valence-electron chi connectivity index (χ0n) is 11.9. The van der Waals surface area contributed by atoms with Crippen LogP contribution in [-0.4, -0.2) is 29.2 Å². The van der Waals surface area contributed by atoms with E-state index in [0.29, 0.717) is 43.3 Å². The molecule has 1 aliphatic carbocycles. The first kappa shape index (κ1) is 14.6. The highest BCUT2D eigenvalue weighted by atomic mass is 16.5. The highest BCUT2D eigenvalue weighted by Gasteiger charge is 2.35. The topological polar surface area (TPSA) is 84.1 Å². The lowest BCUT2D eigenvalue weighted by atomic mass is 10.2. The molecule has 0 bridgehead atoms. The summed E-state index contributed by atoms with van der Waals surface area (Å²) in [6.45, 7) is 2.20. The number of aromatic amines is 1. The van der Waals surface area contributed by atoms with Crippen LogP contribution in [0.25, 0.3) is 0 Å². The number of carbonyl (C=O) groups excluding carboxylic acids is 2. The molecule has 20 heavy (non-hydrogen) atoms. The molecular formula is C14H21N3O3. The van der Waals surface area contributed by atoms with E-state index in [1.807, 2.05) is 6.07 Å². The van der Waals surface area contributed by atoms with E-state index in [1.165, 1.54) is 13.5 Å². The van der Waals surface area contributed by atoms with E-state index in [0.717, 1.165) is 5.69 Å². The third-order valence-electron chi connectivity index (χ3n) is 3.64. The largest absolute Gasteiger partial charge is 0.469 e. The van der Waals surface area contributed by atoms with Gasteiger partial charge in [-0.15, -0.1) is 0 Å². The SMILES string of the molecule is COC(=O)CCCCC(=O)Nc1cc([C@H]2C[C@@H]2C)[nH]n1. The van der Waals surface area contributed by atoms with Crippen molar-refractivity contribution in [3.8, 4) is 0 Å².